The number of ether oxygens (including phenoxy) is 2. The largest absolute Gasteiger partial charge is 0.381 e. The lowest BCUT2D eigenvalue weighted by Gasteiger charge is -2.18. The van der Waals surface area contributed by atoms with E-state index < -0.39 is 0 Å². The van der Waals surface area contributed by atoms with Gasteiger partial charge in [0.15, 0.2) is 0 Å². The molecule has 1 fully saturated rings. The first kappa shape index (κ1) is 45.9. The Morgan fingerprint density at radius 2 is 0.694 bits per heavy atom. The zero-order valence-electron chi connectivity index (χ0n) is 33.1. The summed E-state index contributed by atoms with van der Waals surface area (Å²) >= 11 is 0. The van der Waals surface area contributed by atoms with Gasteiger partial charge < -0.3 is 14.8 Å². The van der Waals surface area contributed by atoms with Gasteiger partial charge in [0, 0.05) is 38.1 Å². The Hall–Kier alpha value is -1.16. The van der Waals surface area contributed by atoms with Crippen LogP contribution in [0.25, 0.3) is 0 Å². The number of nitrogens with one attached hydrogen (secondary N) is 1. The van der Waals surface area contributed by atoms with Crippen LogP contribution in [-0.4, -0.2) is 39.5 Å². The fraction of sp³-hybridized carbons (Fsp3) is 0.826. The molecule has 0 bridgehead atoms. The SMILES string of the molecule is CCCCC/C=C\C/C=C\CCCCCCCCCCOC[C@@H]1CNC[C@H]1COCCCCCCCCCC/C=C\C/C=C\CCCCC. The van der Waals surface area contributed by atoms with E-state index in [1.165, 1.54) is 167 Å². The van der Waals surface area contributed by atoms with Crippen LogP contribution in [0, 0.1) is 11.8 Å². The lowest BCUT2D eigenvalue weighted by Crippen LogP contribution is -2.23. The molecule has 0 aromatic heterocycles. The van der Waals surface area contributed by atoms with Crippen molar-refractivity contribution in [3.63, 3.8) is 0 Å². The molecule has 2 atom stereocenters. The Morgan fingerprint density at radius 1 is 0.388 bits per heavy atom. The number of hydrogen-bond donors (Lipinski definition) is 1. The Morgan fingerprint density at radius 3 is 1.04 bits per heavy atom. The van der Waals surface area contributed by atoms with Crippen LogP contribution in [0.4, 0.5) is 0 Å². The summed E-state index contributed by atoms with van der Waals surface area (Å²) in [5.74, 6) is 1.24. The molecule has 1 rings (SSSR count). The molecule has 1 aliphatic heterocycles. The molecule has 1 saturated heterocycles. The standard InChI is InChI=1S/C46H85NO2/c1-3-5-7-9-11-13-15-17-19-21-23-25-27-29-31-33-35-37-39-48-43-45-41-47-42-46(45)44-49-40-38-36-34-32-30-28-26-24-22-20-18-16-14-12-10-8-6-4-2/h11-14,17-20,45-47H,3-10,15-16,21-44H2,1-2H3/b13-11-,14-12-,19-17-,20-18-/t45-,46-/m0/s1. The zero-order valence-corrected chi connectivity index (χ0v) is 33.1. The van der Waals surface area contributed by atoms with Crippen LogP contribution in [0.2, 0.25) is 0 Å². The van der Waals surface area contributed by atoms with Gasteiger partial charge in [0.1, 0.15) is 0 Å². The second kappa shape index (κ2) is 39.6. The second-order valence-corrected chi connectivity index (χ2v) is 14.9. The molecule has 0 aliphatic carbocycles. The van der Waals surface area contributed by atoms with E-state index in [0.717, 1.165) is 52.4 Å². The van der Waals surface area contributed by atoms with Crippen molar-refractivity contribution in [2.45, 2.75) is 194 Å². The first-order valence-electron chi connectivity index (χ1n) is 21.8. The van der Waals surface area contributed by atoms with E-state index in [-0.39, 0.29) is 0 Å². The molecule has 0 spiro atoms. The number of rotatable bonds is 38. The van der Waals surface area contributed by atoms with E-state index in [0.29, 0.717) is 11.8 Å². The van der Waals surface area contributed by atoms with Gasteiger partial charge in [-0.05, 0) is 77.0 Å². The fourth-order valence-corrected chi connectivity index (χ4v) is 6.74. The molecule has 3 heteroatoms. The normalized spacial score (nSPS) is 16.9. The van der Waals surface area contributed by atoms with Crippen LogP contribution >= 0.6 is 0 Å². The highest BCUT2D eigenvalue weighted by Gasteiger charge is 2.27. The van der Waals surface area contributed by atoms with Crippen molar-refractivity contribution in [2.24, 2.45) is 11.8 Å². The summed E-state index contributed by atoms with van der Waals surface area (Å²) < 4.78 is 12.2. The van der Waals surface area contributed by atoms with Crippen molar-refractivity contribution in [3.8, 4) is 0 Å². The first-order valence-corrected chi connectivity index (χ1v) is 21.8. The molecule has 0 saturated carbocycles. The van der Waals surface area contributed by atoms with Gasteiger partial charge in [0.2, 0.25) is 0 Å². The minimum absolute atomic E-state index is 0.620. The van der Waals surface area contributed by atoms with Crippen molar-refractivity contribution in [1.82, 2.24) is 5.32 Å². The van der Waals surface area contributed by atoms with Gasteiger partial charge in [-0.25, -0.2) is 0 Å². The molecule has 3 nitrogen and oxygen atoms in total. The van der Waals surface area contributed by atoms with Crippen LogP contribution in [0.3, 0.4) is 0 Å². The monoisotopic (exact) mass is 684 g/mol. The van der Waals surface area contributed by atoms with Gasteiger partial charge in [-0.15, -0.1) is 0 Å². The topological polar surface area (TPSA) is 30.5 Å². The van der Waals surface area contributed by atoms with E-state index in [2.05, 4.69) is 67.8 Å². The Balaban J connectivity index is 1.80. The molecule has 0 amide bonds. The lowest BCUT2D eigenvalue weighted by molar-refractivity contribution is 0.0482. The molecule has 1 aliphatic rings. The van der Waals surface area contributed by atoms with Crippen molar-refractivity contribution < 1.29 is 9.47 Å². The van der Waals surface area contributed by atoms with Crippen molar-refractivity contribution in [2.75, 3.05) is 39.5 Å². The highest BCUT2D eigenvalue weighted by atomic mass is 16.5. The quantitative estimate of drug-likeness (QED) is 0.0519. The van der Waals surface area contributed by atoms with Gasteiger partial charge in [0.05, 0.1) is 13.2 Å². The smallest absolute Gasteiger partial charge is 0.0510 e. The van der Waals surface area contributed by atoms with Crippen molar-refractivity contribution in [3.05, 3.63) is 48.6 Å². The molecule has 286 valence electrons. The molecular weight excluding hydrogens is 599 g/mol. The number of allylic oxidation sites excluding steroid dienone is 8. The van der Waals surface area contributed by atoms with Gasteiger partial charge in [-0.2, -0.15) is 0 Å². The molecule has 0 aromatic rings. The third kappa shape index (κ3) is 33.7. The Kier molecular flexibility index (Phi) is 37.1. The summed E-state index contributed by atoms with van der Waals surface area (Å²) in [4.78, 5) is 0. The highest BCUT2D eigenvalue weighted by molar-refractivity contribution is 4.93. The van der Waals surface area contributed by atoms with Crippen LogP contribution in [0.15, 0.2) is 48.6 Å². The number of hydrogen-bond acceptors (Lipinski definition) is 3. The van der Waals surface area contributed by atoms with Crippen LogP contribution in [-0.2, 0) is 9.47 Å². The van der Waals surface area contributed by atoms with Gasteiger partial charge in [-0.1, -0.05) is 165 Å². The van der Waals surface area contributed by atoms with Crippen LogP contribution < -0.4 is 5.32 Å². The van der Waals surface area contributed by atoms with E-state index in [1.807, 2.05) is 0 Å². The first-order chi connectivity index (χ1) is 24.4. The average Bonchev–Trinajstić information content (AvgIpc) is 3.57. The maximum absolute atomic E-state index is 6.11. The van der Waals surface area contributed by atoms with E-state index >= 15 is 0 Å². The molecule has 1 N–H and O–H groups in total. The lowest BCUT2D eigenvalue weighted by atomic mass is 9.98. The Labute approximate surface area is 307 Å². The van der Waals surface area contributed by atoms with Crippen LogP contribution in [0.1, 0.15) is 194 Å². The van der Waals surface area contributed by atoms with Crippen molar-refractivity contribution in [1.29, 1.82) is 0 Å². The van der Waals surface area contributed by atoms with Crippen LogP contribution in [0.5, 0.6) is 0 Å². The zero-order chi connectivity index (χ0) is 35.0. The maximum Gasteiger partial charge on any atom is 0.0510 e. The fourth-order valence-electron chi connectivity index (χ4n) is 6.74. The van der Waals surface area contributed by atoms with E-state index in [4.69, 9.17) is 9.47 Å². The maximum atomic E-state index is 6.11. The van der Waals surface area contributed by atoms with E-state index in [1.54, 1.807) is 0 Å². The minimum Gasteiger partial charge on any atom is -0.381 e. The second-order valence-electron chi connectivity index (χ2n) is 14.9. The van der Waals surface area contributed by atoms with Gasteiger partial charge in [-0.3, -0.25) is 0 Å². The summed E-state index contributed by atoms with van der Waals surface area (Å²) in [5, 5.41) is 3.57. The third-order valence-electron chi connectivity index (χ3n) is 10.1. The van der Waals surface area contributed by atoms with Gasteiger partial charge in [0.25, 0.3) is 0 Å². The van der Waals surface area contributed by atoms with Gasteiger partial charge >= 0.3 is 0 Å². The van der Waals surface area contributed by atoms with E-state index in [9.17, 15) is 0 Å². The summed E-state index contributed by atoms with van der Waals surface area (Å²) in [6.45, 7) is 10.4. The predicted octanol–water partition coefficient (Wildman–Crippen LogP) is 14.0. The molecule has 0 radical (unpaired) electrons. The number of unbranched alkanes of at least 4 members (excludes halogenated alkanes) is 22. The summed E-state index contributed by atoms with van der Waals surface area (Å²) in [6, 6.07) is 0. The van der Waals surface area contributed by atoms with Crippen molar-refractivity contribution >= 4 is 0 Å². The molecule has 0 aromatic carbocycles. The third-order valence-corrected chi connectivity index (χ3v) is 10.1. The average molecular weight is 684 g/mol. The summed E-state index contributed by atoms with van der Waals surface area (Å²) in [7, 11) is 0. The highest BCUT2D eigenvalue weighted by Crippen LogP contribution is 2.19. The predicted molar refractivity (Wildman–Crippen MR) is 219 cm³/mol. The molecule has 0 unspecified atom stereocenters. The summed E-state index contributed by atoms with van der Waals surface area (Å²) in [6.07, 6.45) is 55.8. The molecule has 1 heterocycles. The summed E-state index contributed by atoms with van der Waals surface area (Å²) in [5.41, 5.74) is 0. The molecular formula is C46H85NO2. The molecule has 49 heavy (non-hydrogen) atoms. The Bertz CT molecular complexity index is 694. The minimum atomic E-state index is 0.620.